The summed E-state index contributed by atoms with van der Waals surface area (Å²) in [5, 5.41) is 3.58. The molecule has 20 heavy (non-hydrogen) atoms. The van der Waals surface area contributed by atoms with Crippen LogP contribution in [-0.2, 0) is 11.3 Å². The molecule has 3 nitrogen and oxygen atoms in total. The third-order valence-electron chi connectivity index (χ3n) is 4.01. The molecule has 1 aromatic carbocycles. The number of rotatable bonds is 8. The van der Waals surface area contributed by atoms with Crippen LogP contribution in [0.25, 0.3) is 0 Å². The Bertz CT molecular complexity index is 374. The molecule has 0 aromatic heterocycles. The van der Waals surface area contributed by atoms with Crippen LogP contribution < -0.4 is 5.32 Å². The fraction of sp³-hybridized carbons (Fsp3) is 0.647. The lowest BCUT2D eigenvalue weighted by molar-refractivity contribution is 0.116. The second kappa shape index (κ2) is 7.77. The summed E-state index contributed by atoms with van der Waals surface area (Å²) in [6.45, 7) is 8.29. The minimum Gasteiger partial charge on any atom is -0.381 e. The zero-order valence-corrected chi connectivity index (χ0v) is 12.9. The molecule has 0 spiro atoms. The Hall–Kier alpha value is -0.900. The molecule has 1 heterocycles. The molecular formula is C17H28N2O. The molecule has 0 aliphatic carbocycles. The second-order valence-electron chi connectivity index (χ2n) is 6.14. The number of hydrogen-bond acceptors (Lipinski definition) is 3. The van der Waals surface area contributed by atoms with Crippen molar-refractivity contribution >= 4 is 0 Å². The van der Waals surface area contributed by atoms with Gasteiger partial charge in [0.15, 0.2) is 0 Å². The summed E-state index contributed by atoms with van der Waals surface area (Å²) in [6.07, 6.45) is 2.36. The van der Waals surface area contributed by atoms with Gasteiger partial charge in [-0.1, -0.05) is 37.3 Å². The van der Waals surface area contributed by atoms with Crippen molar-refractivity contribution in [2.75, 3.05) is 39.9 Å². The average molecular weight is 276 g/mol. The van der Waals surface area contributed by atoms with Crippen LogP contribution in [0.15, 0.2) is 30.3 Å². The fourth-order valence-corrected chi connectivity index (χ4v) is 3.02. The summed E-state index contributed by atoms with van der Waals surface area (Å²) in [6, 6.07) is 10.7. The Balaban J connectivity index is 1.87. The Morgan fingerprint density at radius 1 is 1.30 bits per heavy atom. The van der Waals surface area contributed by atoms with Crippen molar-refractivity contribution in [3.8, 4) is 0 Å². The van der Waals surface area contributed by atoms with Crippen LogP contribution in [0.1, 0.15) is 25.3 Å². The van der Waals surface area contributed by atoms with Gasteiger partial charge in [0.1, 0.15) is 0 Å². The highest BCUT2D eigenvalue weighted by Gasteiger charge is 2.35. The Kier molecular flexibility index (Phi) is 6.02. The number of hydrogen-bond donors (Lipinski definition) is 1. The number of ether oxygens (including phenoxy) is 1. The van der Waals surface area contributed by atoms with E-state index in [-0.39, 0.29) is 0 Å². The lowest BCUT2D eigenvalue weighted by Gasteiger charge is -2.32. The maximum Gasteiger partial charge on any atom is 0.0547 e. The van der Waals surface area contributed by atoms with E-state index in [1.165, 1.54) is 18.4 Å². The first-order valence-electron chi connectivity index (χ1n) is 7.75. The van der Waals surface area contributed by atoms with E-state index in [1.54, 1.807) is 0 Å². The van der Waals surface area contributed by atoms with Crippen LogP contribution >= 0.6 is 0 Å². The van der Waals surface area contributed by atoms with E-state index in [0.29, 0.717) is 5.41 Å². The first kappa shape index (κ1) is 15.5. The fourth-order valence-electron chi connectivity index (χ4n) is 3.02. The van der Waals surface area contributed by atoms with Crippen molar-refractivity contribution in [2.45, 2.75) is 26.3 Å². The van der Waals surface area contributed by atoms with E-state index in [9.17, 15) is 0 Å². The first-order chi connectivity index (χ1) is 9.74. The zero-order chi connectivity index (χ0) is 14.3. The van der Waals surface area contributed by atoms with E-state index in [0.717, 1.165) is 39.4 Å². The van der Waals surface area contributed by atoms with E-state index in [1.807, 2.05) is 0 Å². The monoisotopic (exact) mass is 276 g/mol. The van der Waals surface area contributed by atoms with Gasteiger partial charge in [0.05, 0.1) is 6.61 Å². The lowest BCUT2D eigenvalue weighted by atomic mass is 9.86. The molecular weight excluding hydrogens is 248 g/mol. The third kappa shape index (κ3) is 4.58. The molecule has 1 aromatic rings. The zero-order valence-electron chi connectivity index (χ0n) is 12.9. The molecule has 1 fully saturated rings. The Morgan fingerprint density at radius 3 is 2.75 bits per heavy atom. The topological polar surface area (TPSA) is 24.5 Å². The lowest BCUT2D eigenvalue weighted by Crippen LogP contribution is -2.43. The molecule has 0 saturated carbocycles. The van der Waals surface area contributed by atoms with Gasteiger partial charge in [-0.3, -0.25) is 0 Å². The van der Waals surface area contributed by atoms with Crippen LogP contribution in [0.2, 0.25) is 0 Å². The summed E-state index contributed by atoms with van der Waals surface area (Å²) >= 11 is 0. The summed E-state index contributed by atoms with van der Waals surface area (Å²) in [4.78, 5) is 2.43. The Morgan fingerprint density at radius 2 is 2.10 bits per heavy atom. The molecule has 1 unspecified atom stereocenters. The molecule has 0 amide bonds. The van der Waals surface area contributed by atoms with Crippen LogP contribution in [0.3, 0.4) is 0 Å². The normalized spacial score (nSPS) is 22.6. The van der Waals surface area contributed by atoms with Crippen LogP contribution in [0, 0.1) is 5.41 Å². The number of benzene rings is 1. The van der Waals surface area contributed by atoms with Crippen molar-refractivity contribution in [3.63, 3.8) is 0 Å². The predicted octanol–water partition coefficient (Wildman–Crippen LogP) is 2.52. The van der Waals surface area contributed by atoms with Gasteiger partial charge >= 0.3 is 0 Å². The predicted molar refractivity (Wildman–Crippen MR) is 83.8 cm³/mol. The van der Waals surface area contributed by atoms with Gasteiger partial charge in [-0.05, 0) is 32.0 Å². The van der Waals surface area contributed by atoms with Crippen molar-refractivity contribution in [1.82, 2.24) is 10.2 Å². The summed E-state index contributed by atoms with van der Waals surface area (Å²) in [7, 11) is 2.22. The number of nitrogens with zero attached hydrogens (tertiary/aromatic N) is 1. The highest BCUT2D eigenvalue weighted by molar-refractivity contribution is 5.14. The van der Waals surface area contributed by atoms with E-state index in [2.05, 4.69) is 54.5 Å². The van der Waals surface area contributed by atoms with Crippen LogP contribution in [0.5, 0.6) is 0 Å². The maximum atomic E-state index is 5.68. The summed E-state index contributed by atoms with van der Waals surface area (Å²) < 4.78 is 5.68. The smallest absolute Gasteiger partial charge is 0.0547 e. The molecule has 0 radical (unpaired) electrons. The van der Waals surface area contributed by atoms with Gasteiger partial charge in [0, 0.05) is 31.7 Å². The SMILES string of the molecule is CCCNCC1(CN(C)Cc2ccccc2)CCOC1. The minimum absolute atomic E-state index is 0.290. The number of nitrogens with one attached hydrogen (secondary N) is 1. The van der Waals surface area contributed by atoms with Gasteiger partial charge in [0.2, 0.25) is 0 Å². The van der Waals surface area contributed by atoms with Crippen molar-refractivity contribution in [2.24, 2.45) is 5.41 Å². The maximum absolute atomic E-state index is 5.68. The standard InChI is InChI=1S/C17H28N2O/c1-3-10-18-13-17(9-11-20-15-17)14-19(2)12-16-7-5-4-6-8-16/h4-8,18H,3,9-15H2,1-2H3. The largest absolute Gasteiger partial charge is 0.381 e. The van der Waals surface area contributed by atoms with Crippen molar-refractivity contribution < 1.29 is 4.74 Å². The average Bonchev–Trinajstić information content (AvgIpc) is 2.88. The van der Waals surface area contributed by atoms with Gasteiger partial charge in [-0.2, -0.15) is 0 Å². The van der Waals surface area contributed by atoms with Gasteiger partial charge in [0.25, 0.3) is 0 Å². The minimum atomic E-state index is 0.290. The molecule has 1 atom stereocenters. The quantitative estimate of drug-likeness (QED) is 0.738. The van der Waals surface area contributed by atoms with E-state index >= 15 is 0 Å². The highest BCUT2D eigenvalue weighted by Crippen LogP contribution is 2.29. The van der Waals surface area contributed by atoms with E-state index < -0.39 is 0 Å². The van der Waals surface area contributed by atoms with Gasteiger partial charge < -0.3 is 15.0 Å². The molecule has 112 valence electrons. The van der Waals surface area contributed by atoms with Crippen LogP contribution in [-0.4, -0.2) is 44.8 Å². The van der Waals surface area contributed by atoms with Crippen molar-refractivity contribution in [3.05, 3.63) is 35.9 Å². The molecule has 2 rings (SSSR count). The van der Waals surface area contributed by atoms with Gasteiger partial charge in [-0.15, -0.1) is 0 Å². The molecule has 0 bridgehead atoms. The first-order valence-corrected chi connectivity index (χ1v) is 7.75. The molecule has 1 aliphatic rings. The highest BCUT2D eigenvalue weighted by atomic mass is 16.5. The second-order valence-corrected chi connectivity index (χ2v) is 6.14. The molecule has 1 N–H and O–H groups in total. The third-order valence-corrected chi connectivity index (χ3v) is 4.01. The van der Waals surface area contributed by atoms with Crippen molar-refractivity contribution in [1.29, 1.82) is 0 Å². The van der Waals surface area contributed by atoms with Gasteiger partial charge in [-0.25, -0.2) is 0 Å². The summed E-state index contributed by atoms with van der Waals surface area (Å²) in [5.74, 6) is 0. The van der Waals surface area contributed by atoms with Crippen LogP contribution in [0.4, 0.5) is 0 Å². The Labute approximate surface area is 123 Å². The molecule has 1 saturated heterocycles. The van der Waals surface area contributed by atoms with E-state index in [4.69, 9.17) is 4.74 Å². The summed E-state index contributed by atoms with van der Waals surface area (Å²) in [5.41, 5.74) is 1.67. The molecule has 1 aliphatic heterocycles. The molecule has 3 heteroatoms.